The van der Waals surface area contributed by atoms with E-state index in [1.807, 2.05) is 0 Å². The van der Waals surface area contributed by atoms with E-state index in [2.05, 4.69) is 45.2 Å². The molecule has 2 saturated carbocycles. The van der Waals surface area contributed by atoms with E-state index in [0.717, 1.165) is 23.7 Å². The summed E-state index contributed by atoms with van der Waals surface area (Å²) in [7, 11) is 0. The predicted octanol–water partition coefficient (Wildman–Crippen LogP) is 3.52. The van der Waals surface area contributed by atoms with Gasteiger partial charge in [-0.1, -0.05) is 45.2 Å². The molecule has 0 N–H and O–H groups in total. The van der Waals surface area contributed by atoms with Crippen molar-refractivity contribution in [1.29, 1.82) is 0 Å². The maximum atomic E-state index is 2.58. The number of fused-ring (bicyclic) bond motifs is 2. The molecule has 64 valence electrons. The Morgan fingerprint density at radius 2 is 1.36 bits per heavy atom. The van der Waals surface area contributed by atoms with E-state index in [4.69, 9.17) is 0 Å². The van der Waals surface area contributed by atoms with Crippen LogP contribution in [0.3, 0.4) is 0 Å². The van der Waals surface area contributed by atoms with Crippen molar-refractivity contribution in [1.82, 2.24) is 0 Å². The van der Waals surface area contributed by atoms with Gasteiger partial charge in [0, 0.05) is 8.86 Å². The van der Waals surface area contributed by atoms with E-state index in [9.17, 15) is 0 Å². The number of halogens is 2. The zero-order valence-corrected chi connectivity index (χ0v) is 10.9. The van der Waals surface area contributed by atoms with Gasteiger partial charge in [-0.3, -0.25) is 0 Å². The summed E-state index contributed by atoms with van der Waals surface area (Å²) in [5.41, 5.74) is 0. The Morgan fingerprint density at radius 3 is 1.73 bits per heavy atom. The van der Waals surface area contributed by atoms with Crippen molar-refractivity contribution in [2.24, 2.45) is 23.7 Å². The van der Waals surface area contributed by atoms with Crippen LogP contribution >= 0.6 is 45.2 Å². The summed E-state index contributed by atoms with van der Waals surface area (Å²) in [5.74, 6) is 4.42. The molecule has 0 nitrogen and oxygen atoms in total. The van der Waals surface area contributed by atoms with Crippen molar-refractivity contribution in [3.8, 4) is 0 Å². The van der Waals surface area contributed by atoms with Gasteiger partial charge in [-0.2, -0.15) is 0 Å². The molecule has 2 heteroatoms. The average molecular weight is 376 g/mol. The van der Waals surface area contributed by atoms with E-state index in [-0.39, 0.29) is 0 Å². The van der Waals surface area contributed by atoms with Crippen molar-refractivity contribution in [2.75, 3.05) is 8.86 Å². The van der Waals surface area contributed by atoms with Crippen LogP contribution < -0.4 is 0 Å². The van der Waals surface area contributed by atoms with Crippen LogP contribution in [0.2, 0.25) is 0 Å². The van der Waals surface area contributed by atoms with Crippen LogP contribution in [0.25, 0.3) is 0 Å². The predicted molar refractivity (Wildman–Crippen MR) is 65.6 cm³/mol. The zero-order valence-electron chi connectivity index (χ0n) is 6.60. The molecular weight excluding hydrogens is 362 g/mol. The van der Waals surface area contributed by atoms with E-state index in [1.165, 1.54) is 8.86 Å². The van der Waals surface area contributed by atoms with Gasteiger partial charge in [-0.15, -0.1) is 0 Å². The molecule has 2 rings (SSSR count). The molecule has 11 heavy (non-hydrogen) atoms. The zero-order chi connectivity index (χ0) is 7.84. The molecule has 4 atom stereocenters. The van der Waals surface area contributed by atoms with Gasteiger partial charge in [0.1, 0.15) is 0 Å². The van der Waals surface area contributed by atoms with Crippen LogP contribution in [0.1, 0.15) is 19.3 Å². The summed E-state index contributed by atoms with van der Waals surface area (Å²) < 4.78 is 2.82. The smallest absolute Gasteiger partial charge is 0.00293 e. The topological polar surface area (TPSA) is 0 Å². The lowest BCUT2D eigenvalue weighted by Crippen LogP contribution is -2.24. The lowest BCUT2D eigenvalue weighted by Gasteiger charge is -2.28. The van der Waals surface area contributed by atoms with Gasteiger partial charge in [0.2, 0.25) is 0 Å². The molecule has 2 fully saturated rings. The molecule has 0 saturated heterocycles. The van der Waals surface area contributed by atoms with Crippen LogP contribution in [0.4, 0.5) is 0 Å². The molecule has 2 aliphatic rings. The normalized spacial score (nSPS) is 48.5. The first-order valence-electron chi connectivity index (χ1n) is 4.48. The first kappa shape index (κ1) is 9.03. The van der Waals surface area contributed by atoms with Gasteiger partial charge in [0.25, 0.3) is 0 Å². The highest BCUT2D eigenvalue weighted by atomic mass is 127. The SMILES string of the molecule is ICC1C2CCC(C2)C1CI. The first-order valence-corrected chi connectivity index (χ1v) is 7.54. The van der Waals surface area contributed by atoms with Gasteiger partial charge in [0.15, 0.2) is 0 Å². The standard InChI is InChI=1S/C9H14I2/c10-4-8-6-1-2-7(3-6)9(8)5-11/h6-9H,1-5H2. The lowest BCUT2D eigenvalue weighted by atomic mass is 9.82. The van der Waals surface area contributed by atoms with Gasteiger partial charge in [-0.05, 0) is 42.9 Å². The van der Waals surface area contributed by atoms with Crippen molar-refractivity contribution >= 4 is 45.2 Å². The number of alkyl halides is 2. The van der Waals surface area contributed by atoms with Crippen LogP contribution in [0.5, 0.6) is 0 Å². The fraction of sp³-hybridized carbons (Fsp3) is 1.00. The second-order valence-electron chi connectivity index (χ2n) is 3.97. The van der Waals surface area contributed by atoms with Crippen molar-refractivity contribution in [3.63, 3.8) is 0 Å². The summed E-state index contributed by atoms with van der Waals surface area (Å²) in [5, 5.41) is 0. The molecule has 0 aliphatic heterocycles. The second kappa shape index (κ2) is 3.68. The number of rotatable bonds is 2. The van der Waals surface area contributed by atoms with Gasteiger partial charge < -0.3 is 0 Å². The lowest BCUT2D eigenvalue weighted by molar-refractivity contribution is 0.275. The minimum absolute atomic E-state index is 1.09. The number of hydrogen-bond acceptors (Lipinski definition) is 0. The highest BCUT2D eigenvalue weighted by molar-refractivity contribution is 14.1. The monoisotopic (exact) mass is 376 g/mol. The highest BCUT2D eigenvalue weighted by Gasteiger charge is 2.45. The molecule has 0 aromatic carbocycles. The Kier molecular flexibility index (Phi) is 3.02. The van der Waals surface area contributed by atoms with Gasteiger partial charge in [0.05, 0.1) is 0 Å². The fourth-order valence-corrected chi connectivity index (χ4v) is 5.76. The highest BCUT2D eigenvalue weighted by Crippen LogP contribution is 2.53. The van der Waals surface area contributed by atoms with E-state index < -0.39 is 0 Å². The molecule has 0 aromatic heterocycles. The molecule has 0 aromatic rings. The summed E-state index contributed by atoms with van der Waals surface area (Å²) >= 11 is 5.17. The van der Waals surface area contributed by atoms with Crippen LogP contribution in [-0.2, 0) is 0 Å². The molecule has 0 spiro atoms. The summed E-state index contributed by atoms with van der Waals surface area (Å²) in [6.07, 6.45) is 4.66. The first-order chi connectivity index (χ1) is 5.36. The Bertz CT molecular complexity index is 130. The molecule has 0 amide bonds. The molecule has 2 bridgehead atoms. The van der Waals surface area contributed by atoms with Crippen LogP contribution in [0, 0.1) is 23.7 Å². The fourth-order valence-electron chi connectivity index (χ4n) is 3.01. The van der Waals surface area contributed by atoms with Crippen molar-refractivity contribution in [2.45, 2.75) is 19.3 Å². The maximum Gasteiger partial charge on any atom is 0.00293 e. The average Bonchev–Trinajstić information content (AvgIpc) is 2.60. The largest absolute Gasteiger partial charge is 0.0861 e. The Labute approximate surface area is 96.2 Å². The molecular formula is C9H14I2. The quantitative estimate of drug-likeness (QED) is 0.511. The Balaban J connectivity index is 2.08. The summed E-state index contributed by atoms with van der Waals surface area (Å²) in [6, 6.07) is 0. The minimum atomic E-state index is 1.09. The van der Waals surface area contributed by atoms with E-state index in [0.29, 0.717) is 0 Å². The third-order valence-corrected chi connectivity index (χ3v) is 5.67. The molecule has 0 radical (unpaired) electrons. The van der Waals surface area contributed by atoms with E-state index in [1.54, 1.807) is 19.3 Å². The van der Waals surface area contributed by atoms with Crippen molar-refractivity contribution in [3.05, 3.63) is 0 Å². The van der Waals surface area contributed by atoms with Gasteiger partial charge in [-0.25, -0.2) is 0 Å². The van der Waals surface area contributed by atoms with E-state index >= 15 is 0 Å². The molecule has 4 unspecified atom stereocenters. The van der Waals surface area contributed by atoms with Crippen molar-refractivity contribution < 1.29 is 0 Å². The third kappa shape index (κ3) is 1.46. The van der Waals surface area contributed by atoms with Crippen LogP contribution in [0.15, 0.2) is 0 Å². The third-order valence-electron chi connectivity index (χ3n) is 3.63. The second-order valence-corrected chi connectivity index (χ2v) is 5.73. The summed E-state index contributed by atoms with van der Waals surface area (Å²) in [6.45, 7) is 0. The molecule has 0 heterocycles. The Morgan fingerprint density at radius 1 is 0.909 bits per heavy atom. The molecule has 2 aliphatic carbocycles. The number of hydrogen-bond donors (Lipinski definition) is 0. The summed E-state index contributed by atoms with van der Waals surface area (Å²) in [4.78, 5) is 0. The maximum absolute atomic E-state index is 2.58. The Hall–Kier alpha value is 1.46. The minimum Gasteiger partial charge on any atom is -0.0861 e. The van der Waals surface area contributed by atoms with Crippen LogP contribution in [-0.4, -0.2) is 8.86 Å². The van der Waals surface area contributed by atoms with Gasteiger partial charge >= 0.3 is 0 Å².